The molecule has 0 radical (unpaired) electrons. The first-order chi connectivity index (χ1) is 14.4. The van der Waals surface area contributed by atoms with Gasteiger partial charge in [0.15, 0.2) is 6.61 Å². The number of ether oxygens (including phenoxy) is 1. The van der Waals surface area contributed by atoms with E-state index >= 15 is 0 Å². The molecule has 0 fully saturated rings. The predicted molar refractivity (Wildman–Crippen MR) is 113 cm³/mol. The van der Waals surface area contributed by atoms with Crippen LogP contribution in [0.4, 0.5) is 5.69 Å². The van der Waals surface area contributed by atoms with Gasteiger partial charge in [-0.1, -0.05) is 36.4 Å². The summed E-state index contributed by atoms with van der Waals surface area (Å²) in [4.78, 5) is 47.5. The highest BCUT2D eigenvalue weighted by Gasteiger charge is 2.17. The van der Waals surface area contributed by atoms with Crippen LogP contribution >= 0.6 is 0 Å². The first kappa shape index (κ1) is 22.4. The molecule has 30 heavy (non-hydrogen) atoms. The molecule has 0 heterocycles. The van der Waals surface area contributed by atoms with Crippen LogP contribution in [0.3, 0.4) is 0 Å². The van der Waals surface area contributed by atoms with Crippen LogP contribution in [0.1, 0.15) is 22.8 Å². The number of hydrogen-bond donors (Lipinski definition) is 3. The summed E-state index contributed by atoms with van der Waals surface area (Å²) in [7, 11) is 1.50. The number of hydrogen-bond acceptors (Lipinski definition) is 5. The van der Waals surface area contributed by atoms with Crippen molar-refractivity contribution in [1.82, 2.24) is 10.6 Å². The van der Waals surface area contributed by atoms with Gasteiger partial charge in [-0.2, -0.15) is 0 Å². The average Bonchev–Trinajstić information content (AvgIpc) is 2.76. The Morgan fingerprint density at radius 1 is 1.03 bits per heavy atom. The fourth-order valence-corrected chi connectivity index (χ4v) is 2.40. The number of amides is 3. The van der Waals surface area contributed by atoms with E-state index in [1.165, 1.54) is 26.1 Å². The molecule has 0 spiro atoms. The molecular formula is C22H23N3O5. The summed E-state index contributed by atoms with van der Waals surface area (Å²) in [5.74, 6) is -2.06. The van der Waals surface area contributed by atoms with Gasteiger partial charge in [0.25, 0.3) is 11.8 Å². The SMILES string of the molecule is CNC(=O)c1cccc(NC(=O)COC(=O)[C@H](C)NC(=O)/C=C/c2ccccc2)c1. The lowest BCUT2D eigenvalue weighted by Gasteiger charge is -2.12. The van der Waals surface area contributed by atoms with Gasteiger partial charge in [-0.05, 0) is 36.8 Å². The van der Waals surface area contributed by atoms with E-state index < -0.39 is 30.4 Å². The van der Waals surface area contributed by atoms with Crippen molar-refractivity contribution in [2.45, 2.75) is 13.0 Å². The Labute approximate surface area is 174 Å². The van der Waals surface area contributed by atoms with Gasteiger partial charge < -0.3 is 20.7 Å². The third-order valence-corrected chi connectivity index (χ3v) is 3.92. The van der Waals surface area contributed by atoms with Crippen molar-refractivity contribution < 1.29 is 23.9 Å². The van der Waals surface area contributed by atoms with Gasteiger partial charge in [0.2, 0.25) is 5.91 Å². The van der Waals surface area contributed by atoms with Crippen LogP contribution < -0.4 is 16.0 Å². The zero-order valence-electron chi connectivity index (χ0n) is 16.7. The number of anilines is 1. The van der Waals surface area contributed by atoms with Crippen LogP contribution in [0, 0.1) is 0 Å². The van der Waals surface area contributed by atoms with Crippen LogP contribution in [0.2, 0.25) is 0 Å². The highest BCUT2D eigenvalue weighted by atomic mass is 16.5. The summed E-state index contributed by atoms with van der Waals surface area (Å²) in [6, 6.07) is 14.6. The van der Waals surface area contributed by atoms with Crippen molar-refractivity contribution in [3.05, 3.63) is 71.8 Å². The Balaban J connectivity index is 1.79. The molecule has 0 saturated heterocycles. The van der Waals surface area contributed by atoms with E-state index in [4.69, 9.17) is 4.74 Å². The van der Waals surface area contributed by atoms with E-state index in [1.54, 1.807) is 24.3 Å². The normalized spacial score (nSPS) is 11.4. The summed E-state index contributed by atoms with van der Waals surface area (Å²) in [5, 5.41) is 7.50. The summed E-state index contributed by atoms with van der Waals surface area (Å²) >= 11 is 0. The van der Waals surface area contributed by atoms with Crippen molar-refractivity contribution in [2.24, 2.45) is 0 Å². The smallest absolute Gasteiger partial charge is 0.328 e. The fourth-order valence-electron chi connectivity index (χ4n) is 2.40. The molecule has 2 rings (SSSR count). The molecule has 3 amide bonds. The second-order valence-electron chi connectivity index (χ2n) is 6.29. The molecule has 0 aliphatic heterocycles. The van der Waals surface area contributed by atoms with Crippen LogP contribution in [0.25, 0.3) is 6.08 Å². The Kier molecular flexibility index (Phi) is 8.31. The number of esters is 1. The lowest BCUT2D eigenvalue weighted by molar-refractivity contribution is -0.149. The molecular weight excluding hydrogens is 386 g/mol. The molecule has 0 bridgehead atoms. The Morgan fingerprint density at radius 3 is 2.47 bits per heavy atom. The second kappa shape index (κ2) is 11.2. The van der Waals surface area contributed by atoms with E-state index in [1.807, 2.05) is 30.3 Å². The molecule has 3 N–H and O–H groups in total. The summed E-state index contributed by atoms with van der Waals surface area (Å²) in [5.41, 5.74) is 1.62. The van der Waals surface area contributed by atoms with Crippen molar-refractivity contribution >= 4 is 35.5 Å². The molecule has 0 saturated carbocycles. The Morgan fingerprint density at radius 2 is 1.77 bits per heavy atom. The molecule has 0 aliphatic rings. The third kappa shape index (κ3) is 7.23. The third-order valence-electron chi connectivity index (χ3n) is 3.92. The first-order valence-corrected chi connectivity index (χ1v) is 9.21. The zero-order valence-corrected chi connectivity index (χ0v) is 16.7. The molecule has 156 valence electrons. The van der Waals surface area contributed by atoms with Crippen molar-refractivity contribution in [3.63, 3.8) is 0 Å². The minimum absolute atomic E-state index is 0.289. The predicted octanol–water partition coefficient (Wildman–Crippen LogP) is 1.75. The van der Waals surface area contributed by atoms with Crippen LogP contribution in [-0.2, 0) is 19.1 Å². The highest BCUT2D eigenvalue weighted by Crippen LogP contribution is 2.10. The molecule has 2 aromatic rings. The number of rotatable bonds is 8. The van der Waals surface area contributed by atoms with Crippen LogP contribution in [0.5, 0.6) is 0 Å². The van der Waals surface area contributed by atoms with Crippen LogP contribution in [0.15, 0.2) is 60.7 Å². The van der Waals surface area contributed by atoms with E-state index in [0.29, 0.717) is 11.3 Å². The lowest BCUT2D eigenvalue weighted by atomic mass is 10.2. The zero-order chi connectivity index (χ0) is 21.9. The maximum absolute atomic E-state index is 12.0. The van der Waals surface area contributed by atoms with E-state index in [2.05, 4.69) is 16.0 Å². The Hall–Kier alpha value is -3.94. The van der Waals surface area contributed by atoms with Gasteiger partial charge in [-0.3, -0.25) is 14.4 Å². The molecule has 8 heteroatoms. The monoisotopic (exact) mass is 409 g/mol. The topological polar surface area (TPSA) is 114 Å². The summed E-state index contributed by atoms with van der Waals surface area (Å²) < 4.78 is 4.93. The molecule has 2 aromatic carbocycles. The number of nitrogens with one attached hydrogen (secondary N) is 3. The van der Waals surface area contributed by atoms with E-state index in [0.717, 1.165) is 5.56 Å². The Bertz CT molecular complexity index is 941. The number of carbonyl (C=O) groups is 4. The lowest BCUT2D eigenvalue weighted by Crippen LogP contribution is -2.39. The molecule has 0 aromatic heterocycles. The van der Waals surface area contributed by atoms with Crippen molar-refractivity contribution in [1.29, 1.82) is 0 Å². The first-order valence-electron chi connectivity index (χ1n) is 9.21. The molecule has 0 aliphatic carbocycles. The number of carbonyl (C=O) groups excluding carboxylic acids is 4. The van der Waals surface area contributed by atoms with Crippen molar-refractivity contribution in [2.75, 3.05) is 19.0 Å². The van der Waals surface area contributed by atoms with Gasteiger partial charge in [0.05, 0.1) is 0 Å². The van der Waals surface area contributed by atoms with Gasteiger partial charge in [0, 0.05) is 24.4 Å². The number of benzene rings is 2. The highest BCUT2D eigenvalue weighted by molar-refractivity contribution is 5.98. The quantitative estimate of drug-likeness (QED) is 0.454. The van der Waals surface area contributed by atoms with Gasteiger partial charge in [-0.25, -0.2) is 4.79 Å². The minimum Gasteiger partial charge on any atom is -0.454 e. The standard InChI is InChI=1S/C22H23N3O5/c1-15(24-19(26)12-11-16-7-4-3-5-8-16)22(29)30-14-20(27)25-18-10-6-9-17(13-18)21(28)23-2/h3-13,15H,14H2,1-2H3,(H,23,28)(H,24,26)(H,25,27)/b12-11+/t15-/m0/s1. The largest absolute Gasteiger partial charge is 0.454 e. The van der Waals surface area contributed by atoms with Gasteiger partial charge >= 0.3 is 5.97 Å². The van der Waals surface area contributed by atoms with Crippen LogP contribution in [-0.4, -0.2) is 43.4 Å². The van der Waals surface area contributed by atoms with Gasteiger partial charge in [0.1, 0.15) is 6.04 Å². The molecule has 0 unspecified atom stereocenters. The maximum atomic E-state index is 12.0. The van der Waals surface area contributed by atoms with E-state index in [9.17, 15) is 19.2 Å². The average molecular weight is 409 g/mol. The minimum atomic E-state index is -0.928. The maximum Gasteiger partial charge on any atom is 0.328 e. The van der Waals surface area contributed by atoms with Crippen molar-refractivity contribution in [3.8, 4) is 0 Å². The molecule has 8 nitrogen and oxygen atoms in total. The fraction of sp³-hybridized carbons (Fsp3) is 0.182. The summed E-state index contributed by atoms with van der Waals surface area (Å²) in [6.07, 6.45) is 2.93. The second-order valence-corrected chi connectivity index (χ2v) is 6.29. The summed E-state index contributed by atoms with van der Waals surface area (Å²) in [6.45, 7) is 0.935. The molecule has 1 atom stereocenters. The van der Waals surface area contributed by atoms with Gasteiger partial charge in [-0.15, -0.1) is 0 Å². The van der Waals surface area contributed by atoms with E-state index in [-0.39, 0.29) is 5.91 Å².